The number of aliphatic hydroxyl groups excluding tert-OH is 1. The van der Waals surface area contributed by atoms with Crippen LogP contribution in [0.25, 0.3) is 22.3 Å². The lowest BCUT2D eigenvalue weighted by molar-refractivity contribution is -0.735. The highest BCUT2D eigenvalue weighted by molar-refractivity contribution is 5.80. The molecule has 0 aromatic heterocycles. The van der Waals surface area contributed by atoms with Crippen molar-refractivity contribution in [1.29, 1.82) is 0 Å². The van der Waals surface area contributed by atoms with Gasteiger partial charge < -0.3 is 14.6 Å². The maximum Gasteiger partial charge on any atom is 0.594 e. The molecule has 0 saturated heterocycles. The molecule has 6 heteroatoms. The largest absolute Gasteiger partial charge is 0.594 e. The van der Waals surface area contributed by atoms with Crippen LogP contribution in [0.4, 0.5) is 4.79 Å². The van der Waals surface area contributed by atoms with Gasteiger partial charge in [-0.3, -0.25) is 0 Å². The van der Waals surface area contributed by atoms with Gasteiger partial charge in [0.15, 0.2) is 0 Å². The first-order valence-corrected chi connectivity index (χ1v) is 11.9. The van der Waals surface area contributed by atoms with Crippen molar-refractivity contribution < 1.29 is 29.4 Å². The Morgan fingerprint density at radius 3 is 1.39 bits per heavy atom. The summed E-state index contributed by atoms with van der Waals surface area (Å²) >= 11 is 0. The summed E-state index contributed by atoms with van der Waals surface area (Å²) in [5.74, 6) is -0.128. The normalized spacial score (nSPS) is 13.9. The standard InChI is InChI=1S/C30H23NO5/c32-29(34-17-27-23-13-5-1-9-19(23)20-10-2-6-14-24(20)27)31-36-30(33)35-18-28-25-15-7-3-11-21(25)22-12-4-8-16-26(22)28/h1-16,27-28H,17-18H2,(H,31,32)/p+1. The molecular formula is C30H24NO5+. The van der Waals surface area contributed by atoms with E-state index in [-0.39, 0.29) is 25.0 Å². The van der Waals surface area contributed by atoms with Crippen LogP contribution in [-0.4, -0.2) is 30.6 Å². The van der Waals surface area contributed by atoms with Crippen LogP contribution in [0.3, 0.4) is 0 Å². The van der Waals surface area contributed by atoms with Crippen LogP contribution in [0.1, 0.15) is 34.1 Å². The first-order valence-electron chi connectivity index (χ1n) is 11.9. The zero-order valence-corrected chi connectivity index (χ0v) is 19.4. The zero-order chi connectivity index (χ0) is 24.5. The molecule has 2 N–H and O–H groups in total. The van der Waals surface area contributed by atoms with Crippen molar-refractivity contribution in [3.8, 4) is 22.3 Å². The smallest absolute Gasteiger partial charge is 0.429 e. The van der Waals surface area contributed by atoms with Crippen molar-refractivity contribution in [2.75, 3.05) is 13.2 Å². The number of aliphatic hydroxyl groups is 1. The Hall–Kier alpha value is -4.58. The Morgan fingerprint density at radius 1 is 0.611 bits per heavy atom. The molecule has 178 valence electrons. The molecular weight excluding hydrogens is 454 g/mol. The van der Waals surface area contributed by atoms with Crippen LogP contribution in [-0.2, 0) is 14.3 Å². The maximum atomic E-state index is 12.2. The van der Waals surface area contributed by atoms with Gasteiger partial charge >= 0.3 is 12.2 Å². The highest BCUT2D eigenvalue weighted by Gasteiger charge is 2.31. The van der Waals surface area contributed by atoms with Crippen molar-refractivity contribution in [3.63, 3.8) is 0 Å². The summed E-state index contributed by atoms with van der Waals surface area (Å²) in [6.07, 6.45) is -1.56. The van der Waals surface area contributed by atoms with Crippen LogP contribution >= 0.6 is 0 Å². The van der Waals surface area contributed by atoms with E-state index in [1.165, 1.54) is 0 Å². The Kier molecular flexibility index (Phi) is 5.62. The molecule has 4 aromatic carbocycles. The van der Waals surface area contributed by atoms with E-state index >= 15 is 0 Å². The maximum absolute atomic E-state index is 12.2. The quantitative estimate of drug-likeness (QED) is 0.143. The Balaban J connectivity index is 1.07. The van der Waals surface area contributed by atoms with Gasteiger partial charge in [0.1, 0.15) is 13.2 Å². The SMILES string of the molecule is O=C(OCC1c2ccccc2-c2ccccc21)O/[NH+]=C(\O)OCC1c2ccccc2-c2ccccc21. The van der Waals surface area contributed by atoms with Crippen LogP contribution in [0.15, 0.2) is 97.1 Å². The van der Waals surface area contributed by atoms with Gasteiger partial charge in [-0.15, -0.1) is 4.84 Å². The second-order valence-corrected chi connectivity index (χ2v) is 8.84. The van der Waals surface area contributed by atoms with Crippen molar-refractivity contribution in [1.82, 2.24) is 0 Å². The van der Waals surface area contributed by atoms with Gasteiger partial charge in [-0.25, -0.2) is 0 Å². The summed E-state index contributed by atoms with van der Waals surface area (Å²) in [6.45, 7) is 0.298. The average molecular weight is 479 g/mol. The Labute approximate surface area is 208 Å². The fourth-order valence-corrected chi connectivity index (χ4v) is 5.34. The van der Waals surface area contributed by atoms with Gasteiger partial charge in [0.2, 0.25) is 0 Å². The summed E-state index contributed by atoms with van der Waals surface area (Å²) in [7, 11) is 0. The van der Waals surface area contributed by atoms with Gasteiger partial charge in [0, 0.05) is 11.8 Å². The van der Waals surface area contributed by atoms with Crippen LogP contribution in [0, 0.1) is 0 Å². The van der Waals surface area contributed by atoms with Gasteiger partial charge in [0.25, 0.3) is 0 Å². The van der Waals surface area contributed by atoms with Gasteiger partial charge in [-0.1, -0.05) is 97.1 Å². The Morgan fingerprint density at radius 2 is 0.972 bits per heavy atom. The number of rotatable bonds is 5. The van der Waals surface area contributed by atoms with E-state index in [1.807, 2.05) is 60.7 Å². The molecule has 0 unspecified atom stereocenters. The lowest BCUT2D eigenvalue weighted by Gasteiger charge is -2.12. The number of carbonyl (C=O) groups excluding carboxylic acids is 1. The average Bonchev–Trinajstić information content (AvgIpc) is 3.42. The fourth-order valence-electron chi connectivity index (χ4n) is 5.34. The molecule has 4 aromatic rings. The van der Waals surface area contributed by atoms with Crippen molar-refractivity contribution in [3.05, 3.63) is 119 Å². The minimum absolute atomic E-state index is 0.0456. The molecule has 0 amide bonds. The van der Waals surface area contributed by atoms with Gasteiger partial charge in [-0.05, 0) is 44.5 Å². The van der Waals surface area contributed by atoms with Crippen molar-refractivity contribution >= 4 is 12.2 Å². The lowest BCUT2D eigenvalue weighted by atomic mass is 9.98. The number of carbonyl (C=O) groups is 1. The first-order chi connectivity index (χ1) is 17.7. The third kappa shape index (κ3) is 3.86. The molecule has 0 saturated carbocycles. The highest BCUT2D eigenvalue weighted by Crippen LogP contribution is 2.45. The molecule has 0 aliphatic heterocycles. The molecule has 2 aliphatic rings. The minimum Gasteiger partial charge on any atom is -0.429 e. The van der Waals surface area contributed by atoms with E-state index in [0.717, 1.165) is 44.5 Å². The van der Waals surface area contributed by atoms with E-state index in [1.54, 1.807) is 0 Å². The van der Waals surface area contributed by atoms with Gasteiger partial charge in [-0.2, -0.15) is 4.79 Å². The number of hydrogen-bond donors (Lipinski definition) is 2. The molecule has 0 fully saturated rings. The molecule has 0 atom stereocenters. The molecule has 0 heterocycles. The van der Waals surface area contributed by atoms with Crippen molar-refractivity contribution in [2.24, 2.45) is 0 Å². The van der Waals surface area contributed by atoms with E-state index in [9.17, 15) is 9.90 Å². The molecule has 0 radical (unpaired) electrons. The van der Waals surface area contributed by atoms with E-state index in [4.69, 9.17) is 14.3 Å². The summed E-state index contributed by atoms with van der Waals surface area (Å²) < 4.78 is 10.8. The predicted molar refractivity (Wildman–Crippen MR) is 134 cm³/mol. The molecule has 2 aliphatic carbocycles. The summed E-state index contributed by atoms with van der Waals surface area (Å²) in [6, 6.07) is 32.4. The monoisotopic (exact) mass is 478 g/mol. The van der Waals surface area contributed by atoms with Crippen molar-refractivity contribution in [2.45, 2.75) is 11.8 Å². The fraction of sp³-hybridized carbons (Fsp3) is 0.133. The van der Waals surface area contributed by atoms with Crippen LogP contribution in [0.2, 0.25) is 0 Å². The first kappa shape index (κ1) is 21.9. The molecule has 0 spiro atoms. The summed E-state index contributed by atoms with van der Waals surface area (Å²) in [5.41, 5.74) is 9.06. The van der Waals surface area contributed by atoms with Crippen LogP contribution < -0.4 is 5.16 Å². The van der Waals surface area contributed by atoms with Gasteiger partial charge in [0.05, 0.1) is 5.16 Å². The summed E-state index contributed by atoms with van der Waals surface area (Å²) in [5, 5.41) is 12.3. The highest BCUT2D eigenvalue weighted by atomic mass is 16.8. The van der Waals surface area contributed by atoms with E-state index in [0.29, 0.717) is 0 Å². The third-order valence-corrected chi connectivity index (χ3v) is 6.90. The second-order valence-electron chi connectivity index (χ2n) is 8.84. The minimum atomic E-state index is -0.955. The molecule has 0 bridgehead atoms. The van der Waals surface area contributed by atoms with Crippen LogP contribution in [0.5, 0.6) is 0 Å². The topological polar surface area (TPSA) is 79.0 Å². The molecule has 6 rings (SSSR count). The number of fused-ring (bicyclic) bond motifs is 6. The number of benzene rings is 4. The summed E-state index contributed by atoms with van der Waals surface area (Å²) in [4.78, 5) is 17.1. The predicted octanol–water partition coefficient (Wildman–Crippen LogP) is 4.69. The molecule has 6 nitrogen and oxygen atoms in total. The third-order valence-electron chi connectivity index (χ3n) is 6.90. The number of ether oxygens (including phenoxy) is 2. The van der Waals surface area contributed by atoms with E-state index in [2.05, 4.69) is 41.6 Å². The number of hydrogen-bond acceptors (Lipinski definition) is 4. The Bertz CT molecular complexity index is 1390. The lowest BCUT2D eigenvalue weighted by Crippen LogP contribution is -2.73. The molecule has 36 heavy (non-hydrogen) atoms. The number of nitrogens with one attached hydrogen (secondary N) is 1. The van der Waals surface area contributed by atoms with E-state index < -0.39 is 12.2 Å². The second kappa shape index (κ2) is 9.23. The zero-order valence-electron chi connectivity index (χ0n) is 19.4.